The van der Waals surface area contributed by atoms with Gasteiger partial charge in [-0.15, -0.1) is 0 Å². The number of hydrogen-bond donors (Lipinski definition) is 2. The van der Waals surface area contributed by atoms with Gasteiger partial charge in [-0.3, -0.25) is 9.89 Å². The number of nitrogens with one attached hydrogen (secondary N) is 2. The van der Waals surface area contributed by atoms with Crippen LogP contribution in [0.15, 0.2) is 12.4 Å². The van der Waals surface area contributed by atoms with E-state index in [0.29, 0.717) is 17.5 Å². The van der Waals surface area contributed by atoms with E-state index in [0.717, 1.165) is 6.42 Å². The smallest absolute Gasteiger partial charge is 0.254 e. The first-order valence-electron chi connectivity index (χ1n) is 5.11. The van der Waals surface area contributed by atoms with Gasteiger partial charge < -0.3 is 5.32 Å². The molecule has 0 saturated heterocycles. The van der Waals surface area contributed by atoms with Gasteiger partial charge in [0.1, 0.15) is 0 Å². The largest absolute Gasteiger partial charge is 0.349 e. The summed E-state index contributed by atoms with van der Waals surface area (Å²) in [6.07, 6.45) is 6.72. The highest BCUT2D eigenvalue weighted by atomic mass is 16.1. The average molecular weight is 193 g/mol. The Morgan fingerprint density at radius 3 is 3.29 bits per heavy atom. The quantitative estimate of drug-likeness (QED) is 0.757. The van der Waals surface area contributed by atoms with Crippen molar-refractivity contribution in [2.45, 2.75) is 32.2 Å². The van der Waals surface area contributed by atoms with Crippen LogP contribution in [0.25, 0.3) is 0 Å². The topological polar surface area (TPSA) is 57.8 Å². The molecular weight excluding hydrogens is 178 g/mol. The van der Waals surface area contributed by atoms with E-state index in [9.17, 15) is 4.79 Å². The fourth-order valence-corrected chi connectivity index (χ4v) is 1.74. The fraction of sp³-hybridized carbons (Fsp3) is 0.600. The van der Waals surface area contributed by atoms with Crippen molar-refractivity contribution in [1.82, 2.24) is 15.5 Å². The van der Waals surface area contributed by atoms with Crippen LogP contribution < -0.4 is 5.32 Å². The van der Waals surface area contributed by atoms with Crippen LogP contribution in [-0.4, -0.2) is 22.1 Å². The van der Waals surface area contributed by atoms with Crippen LogP contribution in [0.5, 0.6) is 0 Å². The number of carbonyl (C=O) groups is 1. The van der Waals surface area contributed by atoms with E-state index in [2.05, 4.69) is 22.4 Å². The van der Waals surface area contributed by atoms with E-state index < -0.39 is 0 Å². The highest BCUT2D eigenvalue weighted by Crippen LogP contribution is 2.34. The molecule has 0 spiro atoms. The Morgan fingerprint density at radius 2 is 2.64 bits per heavy atom. The van der Waals surface area contributed by atoms with Gasteiger partial charge in [0, 0.05) is 12.2 Å². The number of hydrogen-bond acceptors (Lipinski definition) is 2. The van der Waals surface area contributed by atoms with E-state index in [4.69, 9.17) is 0 Å². The van der Waals surface area contributed by atoms with E-state index in [-0.39, 0.29) is 5.91 Å². The number of nitrogens with zero attached hydrogens (tertiary/aromatic N) is 1. The molecule has 0 radical (unpaired) electrons. The van der Waals surface area contributed by atoms with Gasteiger partial charge in [-0.05, 0) is 18.8 Å². The zero-order valence-electron chi connectivity index (χ0n) is 8.29. The van der Waals surface area contributed by atoms with Crippen molar-refractivity contribution < 1.29 is 4.79 Å². The second-order valence-electron chi connectivity index (χ2n) is 3.85. The first kappa shape index (κ1) is 9.24. The van der Waals surface area contributed by atoms with Crippen molar-refractivity contribution in [2.75, 3.05) is 0 Å². The van der Waals surface area contributed by atoms with E-state index in [1.807, 2.05) is 0 Å². The second-order valence-corrected chi connectivity index (χ2v) is 3.85. The summed E-state index contributed by atoms with van der Waals surface area (Å²) in [4.78, 5) is 11.5. The molecule has 4 heteroatoms. The molecule has 0 aliphatic heterocycles. The highest BCUT2D eigenvalue weighted by molar-refractivity contribution is 5.94. The molecule has 2 atom stereocenters. The lowest BCUT2D eigenvalue weighted by molar-refractivity contribution is 0.0949. The average Bonchev–Trinajstić information content (AvgIpc) is 2.71. The molecule has 2 unspecified atom stereocenters. The molecule has 0 bridgehead atoms. The van der Waals surface area contributed by atoms with Crippen LogP contribution in [0.3, 0.4) is 0 Å². The normalized spacial score (nSPS) is 24.6. The van der Waals surface area contributed by atoms with Crippen LogP contribution in [-0.2, 0) is 0 Å². The van der Waals surface area contributed by atoms with Gasteiger partial charge in [-0.1, -0.05) is 13.3 Å². The third kappa shape index (κ3) is 1.95. The highest BCUT2D eigenvalue weighted by Gasteiger charge is 2.37. The molecular formula is C10H15N3O. The molecule has 1 aliphatic carbocycles. The summed E-state index contributed by atoms with van der Waals surface area (Å²) < 4.78 is 0. The molecule has 2 rings (SSSR count). The van der Waals surface area contributed by atoms with Gasteiger partial charge >= 0.3 is 0 Å². The van der Waals surface area contributed by atoms with Gasteiger partial charge in [-0.2, -0.15) is 5.10 Å². The van der Waals surface area contributed by atoms with Crippen LogP contribution in [0, 0.1) is 5.92 Å². The summed E-state index contributed by atoms with van der Waals surface area (Å²) in [6, 6.07) is 0.400. The summed E-state index contributed by atoms with van der Waals surface area (Å²) in [5.41, 5.74) is 0.618. The second kappa shape index (κ2) is 3.82. The molecule has 0 aromatic carbocycles. The van der Waals surface area contributed by atoms with Gasteiger partial charge in [0.2, 0.25) is 0 Å². The lowest BCUT2D eigenvalue weighted by atomic mass is 10.2. The van der Waals surface area contributed by atoms with Crippen molar-refractivity contribution in [3.8, 4) is 0 Å². The first-order chi connectivity index (χ1) is 6.81. The predicted molar refractivity (Wildman–Crippen MR) is 52.9 cm³/mol. The Kier molecular flexibility index (Phi) is 2.52. The maximum Gasteiger partial charge on any atom is 0.254 e. The summed E-state index contributed by atoms with van der Waals surface area (Å²) >= 11 is 0. The molecule has 1 amide bonds. The van der Waals surface area contributed by atoms with Crippen molar-refractivity contribution in [2.24, 2.45) is 5.92 Å². The van der Waals surface area contributed by atoms with Crippen molar-refractivity contribution in [3.63, 3.8) is 0 Å². The molecule has 14 heavy (non-hydrogen) atoms. The SMILES string of the molecule is CCCC1CC1NC(=O)c1cn[nH]c1. The van der Waals surface area contributed by atoms with Crippen molar-refractivity contribution in [1.29, 1.82) is 0 Å². The third-order valence-electron chi connectivity index (χ3n) is 2.66. The lowest BCUT2D eigenvalue weighted by Gasteiger charge is -2.01. The van der Waals surface area contributed by atoms with E-state index in [1.165, 1.54) is 12.8 Å². The van der Waals surface area contributed by atoms with Crippen molar-refractivity contribution >= 4 is 5.91 Å². The standard InChI is InChI=1S/C10H15N3O/c1-2-3-7-4-9(7)13-10(14)8-5-11-12-6-8/h5-7,9H,2-4H2,1H3,(H,11,12)(H,13,14). The molecule has 4 nitrogen and oxygen atoms in total. The molecule has 1 fully saturated rings. The number of rotatable bonds is 4. The lowest BCUT2D eigenvalue weighted by Crippen LogP contribution is -2.26. The van der Waals surface area contributed by atoms with Gasteiger partial charge in [0.05, 0.1) is 11.8 Å². The van der Waals surface area contributed by atoms with Gasteiger partial charge in [0.25, 0.3) is 5.91 Å². The maximum absolute atomic E-state index is 11.5. The molecule has 1 saturated carbocycles. The molecule has 2 N–H and O–H groups in total. The minimum absolute atomic E-state index is 0.0117. The summed E-state index contributed by atoms with van der Waals surface area (Å²) in [6.45, 7) is 2.17. The van der Waals surface area contributed by atoms with Crippen molar-refractivity contribution in [3.05, 3.63) is 18.0 Å². The summed E-state index contributed by atoms with van der Waals surface area (Å²) in [5.74, 6) is 0.693. The maximum atomic E-state index is 11.5. The van der Waals surface area contributed by atoms with Gasteiger partial charge in [-0.25, -0.2) is 0 Å². The predicted octanol–water partition coefficient (Wildman–Crippen LogP) is 1.33. The minimum Gasteiger partial charge on any atom is -0.349 e. The third-order valence-corrected chi connectivity index (χ3v) is 2.66. The zero-order valence-corrected chi connectivity index (χ0v) is 8.29. The van der Waals surface area contributed by atoms with Gasteiger partial charge in [0.15, 0.2) is 0 Å². The van der Waals surface area contributed by atoms with E-state index in [1.54, 1.807) is 12.4 Å². The number of aromatic amines is 1. The fourth-order valence-electron chi connectivity index (χ4n) is 1.74. The Morgan fingerprint density at radius 1 is 1.79 bits per heavy atom. The Labute approximate surface area is 83.1 Å². The number of carbonyl (C=O) groups excluding carboxylic acids is 1. The van der Waals surface area contributed by atoms with Crippen LogP contribution in [0.2, 0.25) is 0 Å². The van der Waals surface area contributed by atoms with Crippen LogP contribution >= 0.6 is 0 Å². The number of amides is 1. The molecule has 1 heterocycles. The first-order valence-corrected chi connectivity index (χ1v) is 5.11. The van der Waals surface area contributed by atoms with Crippen LogP contribution in [0.4, 0.5) is 0 Å². The Hall–Kier alpha value is -1.32. The molecule has 76 valence electrons. The molecule has 1 aliphatic rings. The van der Waals surface area contributed by atoms with E-state index >= 15 is 0 Å². The number of aromatic nitrogens is 2. The Bertz CT molecular complexity index is 307. The zero-order chi connectivity index (χ0) is 9.97. The Balaban J connectivity index is 1.80. The summed E-state index contributed by atoms with van der Waals surface area (Å²) in [7, 11) is 0. The van der Waals surface area contributed by atoms with Crippen LogP contribution in [0.1, 0.15) is 36.5 Å². The monoisotopic (exact) mass is 193 g/mol. The summed E-state index contributed by atoms with van der Waals surface area (Å²) in [5, 5.41) is 9.36. The molecule has 1 aromatic rings. The minimum atomic E-state index is -0.0117. The molecule has 1 aromatic heterocycles. The number of H-pyrrole nitrogens is 1.